The number of pyridine rings is 1. The molecule has 3 aromatic heterocycles. The van der Waals surface area contributed by atoms with Crippen LogP contribution in [-0.2, 0) is 20.0 Å². The van der Waals surface area contributed by atoms with E-state index in [2.05, 4.69) is 55.2 Å². The van der Waals surface area contributed by atoms with Gasteiger partial charge in [-0.15, -0.1) is 11.3 Å². The maximum Gasteiger partial charge on any atom is 0.331 e. The highest BCUT2D eigenvalue weighted by atomic mass is 32.2. The average Bonchev–Trinajstić information content (AvgIpc) is 3.19. The van der Waals surface area contributed by atoms with Crippen LogP contribution in [0.25, 0.3) is 21.0 Å². The Balaban J connectivity index is 1.77. The molecule has 34 heavy (non-hydrogen) atoms. The van der Waals surface area contributed by atoms with Crippen molar-refractivity contribution in [3.63, 3.8) is 0 Å². The lowest BCUT2D eigenvalue weighted by Gasteiger charge is -2.11. The summed E-state index contributed by atoms with van der Waals surface area (Å²) in [5, 5.41) is 3.82. The standard InChI is InChI=1S/C27H25N3O2S2/c1-17(2)16-30-26-23(25(31)29(3)27(30)32)24(34-22-13-6-7-14-28-22)21(33-26)15-19-11-8-10-18-9-4-5-12-20(18)19/h4-14,17H,15-16H2,1-3H3. The molecule has 0 atom stereocenters. The van der Waals surface area contributed by atoms with E-state index in [-0.39, 0.29) is 17.2 Å². The Labute approximate surface area is 205 Å². The second-order valence-electron chi connectivity index (χ2n) is 8.77. The first-order valence-corrected chi connectivity index (χ1v) is 12.9. The minimum atomic E-state index is -0.265. The zero-order valence-corrected chi connectivity index (χ0v) is 21.0. The zero-order valence-electron chi connectivity index (χ0n) is 19.3. The lowest BCUT2D eigenvalue weighted by atomic mass is 10.0. The van der Waals surface area contributed by atoms with E-state index >= 15 is 0 Å². The summed E-state index contributed by atoms with van der Waals surface area (Å²) in [5.74, 6) is 0.272. The maximum absolute atomic E-state index is 13.4. The molecule has 0 fully saturated rings. The molecule has 0 N–H and O–H groups in total. The Morgan fingerprint density at radius 3 is 2.53 bits per heavy atom. The Hall–Kier alpha value is -3.16. The second-order valence-corrected chi connectivity index (χ2v) is 10.9. The highest BCUT2D eigenvalue weighted by molar-refractivity contribution is 7.99. The molecule has 2 aromatic carbocycles. The van der Waals surface area contributed by atoms with Crippen molar-refractivity contribution < 1.29 is 0 Å². The van der Waals surface area contributed by atoms with Gasteiger partial charge in [0, 0.05) is 36.0 Å². The number of aromatic nitrogens is 3. The predicted molar refractivity (Wildman–Crippen MR) is 141 cm³/mol. The summed E-state index contributed by atoms with van der Waals surface area (Å²) in [6.45, 7) is 4.72. The van der Waals surface area contributed by atoms with Gasteiger partial charge in [0.15, 0.2) is 0 Å². The second kappa shape index (κ2) is 9.24. The van der Waals surface area contributed by atoms with Crippen molar-refractivity contribution in [1.82, 2.24) is 14.1 Å². The Morgan fingerprint density at radius 1 is 1.00 bits per heavy atom. The summed E-state index contributed by atoms with van der Waals surface area (Å²) in [5.41, 5.74) is 0.680. The Morgan fingerprint density at radius 2 is 1.76 bits per heavy atom. The normalized spacial score (nSPS) is 11.6. The van der Waals surface area contributed by atoms with Crippen molar-refractivity contribution >= 4 is 44.1 Å². The van der Waals surface area contributed by atoms with Gasteiger partial charge in [-0.05, 0) is 34.4 Å². The van der Waals surface area contributed by atoms with Crippen LogP contribution in [0, 0.1) is 5.92 Å². The van der Waals surface area contributed by atoms with E-state index in [1.54, 1.807) is 29.1 Å². The molecule has 3 heterocycles. The van der Waals surface area contributed by atoms with E-state index in [4.69, 9.17) is 0 Å². The molecule has 0 aliphatic rings. The monoisotopic (exact) mass is 487 g/mol. The van der Waals surface area contributed by atoms with E-state index < -0.39 is 0 Å². The number of thiophene rings is 1. The van der Waals surface area contributed by atoms with Crippen molar-refractivity contribution in [3.05, 3.63) is 98.1 Å². The van der Waals surface area contributed by atoms with Crippen LogP contribution in [-0.4, -0.2) is 14.1 Å². The minimum absolute atomic E-state index is 0.251. The van der Waals surface area contributed by atoms with E-state index in [0.29, 0.717) is 18.4 Å². The molecule has 5 rings (SSSR count). The lowest BCUT2D eigenvalue weighted by molar-refractivity contribution is 0.504. The third-order valence-corrected chi connectivity index (χ3v) is 8.27. The van der Waals surface area contributed by atoms with Gasteiger partial charge < -0.3 is 0 Å². The summed E-state index contributed by atoms with van der Waals surface area (Å²) >= 11 is 3.06. The fraction of sp³-hybridized carbons (Fsp3) is 0.222. The van der Waals surface area contributed by atoms with Gasteiger partial charge >= 0.3 is 5.69 Å². The zero-order chi connectivity index (χ0) is 23.8. The first-order chi connectivity index (χ1) is 16.4. The fourth-order valence-electron chi connectivity index (χ4n) is 4.23. The highest BCUT2D eigenvalue weighted by Crippen LogP contribution is 2.41. The third-order valence-electron chi connectivity index (χ3n) is 5.82. The molecule has 0 unspecified atom stereocenters. The summed E-state index contributed by atoms with van der Waals surface area (Å²) < 4.78 is 3.00. The smallest absolute Gasteiger partial charge is 0.284 e. The Kier molecular flexibility index (Phi) is 6.15. The number of rotatable bonds is 6. The molecular weight excluding hydrogens is 462 g/mol. The summed E-state index contributed by atoms with van der Waals surface area (Å²) in [6, 6.07) is 20.5. The number of hydrogen-bond acceptors (Lipinski definition) is 5. The summed E-state index contributed by atoms with van der Waals surface area (Å²) in [7, 11) is 1.57. The van der Waals surface area contributed by atoms with Crippen LogP contribution in [0.3, 0.4) is 0 Å². The molecular formula is C27H25N3O2S2. The summed E-state index contributed by atoms with van der Waals surface area (Å²) in [4.78, 5) is 33.7. The van der Waals surface area contributed by atoms with Gasteiger partial charge in [-0.3, -0.25) is 13.9 Å². The number of benzene rings is 2. The van der Waals surface area contributed by atoms with Gasteiger partial charge in [-0.25, -0.2) is 9.78 Å². The van der Waals surface area contributed by atoms with Crippen molar-refractivity contribution in [1.29, 1.82) is 0 Å². The minimum Gasteiger partial charge on any atom is -0.284 e. The van der Waals surface area contributed by atoms with Crippen LogP contribution in [0.1, 0.15) is 24.3 Å². The molecule has 0 bridgehead atoms. The largest absolute Gasteiger partial charge is 0.331 e. The molecule has 0 saturated heterocycles. The van der Waals surface area contributed by atoms with E-state index in [1.165, 1.54) is 32.7 Å². The first-order valence-electron chi connectivity index (χ1n) is 11.2. The molecule has 0 radical (unpaired) electrons. The van der Waals surface area contributed by atoms with E-state index in [9.17, 15) is 9.59 Å². The topological polar surface area (TPSA) is 56.9 Å². The fourth-order valence-corrected chi connectivity index (χ4v) is 6.70. The van der Waals surface area contributed by atoms with Crippen LogP contribution in [0.5, 0.6) is 0 Å². The number of fused-ring (bicyclic) bond motifs is 2. The molecule has 0 amide bonds. The average molecular weight is 488 g/mol. The van der Waals surface area contributed by atoms with Crippen molar-refractivity contribution in [2.24, 2.45) is 13.0 Å². The lowest BCUT2D eigenvalue weighted by Crippen LogP contribution is -2.38. The van der Waals surface area contributed by atoms with Gasteiger partial charge in [-0.2, -0.15) is 0 Å². The van der Waals surface area contributed by atoms with Gasteiger partial charge in [0.2, 0.25) is 0 Å². The maximum atomic E-state index is 13.4. The van der Waals surface area contributed by atoms with Crippen LogP contribution < -0.4 is 11.2 Å². The molecule has 172 valence electrons. The predicted octanol–water partition coefficient (Wildman–Crippen LogP) is 5.71. The van der Waals surface area contributed by atoms with Crippen molar-refractivity contribution in [2.45, 2.75) is 36.7 Å². The van der Waals surface area contributed by atoms with Crippen molar-refractivity contribution in [2.75, 3.05) is 0 Å². The molecule has 0 saturated carbocycles. The van der Waals surface area contributed by atoms with E-state index in [1.807, 2.05) is 24.3 Å². The van der Waals surface area contributed by atoms with Gasteiger partial charge in [0.1, 0.15) is 9.86 Å². The van der Waals surface area contributed by atoms with Crippen LogP contribution in [0.15, 0.2) is 86.4 Å². The molecule has 0 spiro atoms. The molecule has 0 aliphatic carbocycles. The van der Waals surface area contributed by atoms with Gasteiger partial charge in [0.25, 0.3) is 5.56 Å². The van der Waals surface area contributed by atoms with Crippen LogP contribution >= 0.6 is 23.1 Å². The highest BCUT2D eigenvalue weighted by Gasteiger charge is 2.23. The van der Waals surface area contributed by atoms with Gasteiger partial charge in [0.05, 0.1) is 5.39 Å². The molecule has 0 aliphatic heterocycles. The van der Waals surface area contributed by atoms with Crippen molar-refractivity contribution in [3.8, 4) is 0 Å². The molecule has 5 nitrogen and oxygen atoms in total. The summed E-state index contributed by atoms with van der Waals surface area (Å²) in [6.07, 6.45) is 2.43. The number of hydrogen-bond donors (Lipinski definition) is 0. The van der Waals surface area contributed by atoms with E-state index in [0.717, 1.165) is 19.6 Å². The Bertz CT molecular complexity index is 1610. The third kappa shape index (κ3) is 4.10. The van der Waals surface area contributed by atoms with Gasteiger partial charge in [-0.1, -0.05) is 74.1 Å². The van der Waals surface area contributed by atoms with Crippen LogP contribution in [0.2, 0.25) is 0 Å². The van der Waals surface area contributed by atoms with Crippen LogP contribution in [0.4, 0.5) is 0 Å². The first kappa shape index (κ1) is 22.6. The number of nitrogens with zero attached hydrogens (tertiary/aromatic N) is 3. The molecule has 7 heteroatoms. The SMILES string of the molecule is CC(C)Cn1c(=O)n(C)c(=O)c2c(Sc3ccccn3)c(Cc3cccc4ccccc34)sc21. The quantitative estimate of drug-likeness (QED) is 0.308. The molecule has 5 aromatic rings.